The number of hydrogen-bond acceptors (Lipinski definition) is 9. The Balaban J connectivity index is 1.55. The third-order valence-electron chi connectivity index (χ3n) is 8.45. The van der Waals surface area contributed by atoms with Gasteiger partial charge in [-0.2, -0.15) is 0 Å². The molecular formula is C36H42FNO9. The Morgan fingerprint density at radius 2 is 1.51 bits per heavy atom. The smallest absolute Gasteiger partial charge is 0.303 e. The van der Waals surface area contributed by atoms with Crippen molar-refractivity contribution in [3.05, 3.63) is 101 Å². The largest absolute Gasteiger partial charge is 0.463 e. The molecule has 0 bridgehead atoms. The third-order valence-corrected chi connectivity index (χ3v) is 8.45. The maximum atomic E-state index is 13.7. The van der Waals surface area contributed by atoms with Gasteiger partial charge in [0.2, 0.25) is 5.91 Å². The Bertz CT molecular complexity index is 1490. The maximum Gasteiger partial charge on any atom is 0.303 e. The summed E-state index contributed by atoms with van der Waals surface area (Å²) in [6.07, 6.45) is -0.109. The van der Waals surface area contributed by atoms with E-state index < -0.39 is 48.3 Å². The molecule has 4 N–H and O–H groups in total. The lowest BCUT2D eigenvalue weighted by molar-refractivity contribution is -0.152. The number of aryl methyl sites for hydroxylation is 2. The number of nitrogens with zero attached hydrogens (tertiary/aromatic N) is 1. The summed E-state index contributed by atoms with van der Waals surface area (Å²) < 4.78 is 24.0. The Labute approximate surface area is 273 Å². The first-order valence-electron chi connectivity index (χ1n) is 15.7. The van der Waals surface area contributed by atoms with E-state index in [0.29, 0.717) is 36.9 Å². The number of benzene rings is 3. The lowest BCUT2D eigenvalue weighted by atomic mass is 9.78. The van der Waals surface area contributed by atoms with Crippen molar-refractivity contribution in [3.63, 3.8) is 0 Å². The number of β-lactam (4-membered cyclic amide) rings is 1. The van der Waals surface area contributed by atoms with Crippen molar-refractivity contribution in [3.8, 4) is 0 Å². The van der Waals surface area contributed by atoms with Gasteiger partial charge in [-0.25, -0.2) is 4.39 Å². The van der Waals surface area contributed by atoms with Gasteiger partial charge in [0.1, 0.15) is 24.1 Å². The van der Waals surface area contributed by atoms with Gasteiger partial charge < -0.3 is 34.8 Å². The number of ether oxygens (including phenoxy) is 2. The molecule has 10 nitrogen and oxygen atoms in total. The molecule has 11 heteroatoms. The fourth-order valence-electron chi connectivity index (χ4n) is 5.81. The molecule has 4 atom stereocenters. The van der Waals surface area contributed by atoms with Gasteiger partial charge in [0, 0.05) is 26.0 Å². The molecule has 252 valence electrons. The van der Waals surface area contributed by atoms with Gasteiger partial charge in [-0.15, -0.1) is 0 Å². The maximum absolute atomic E-state index is 13.7. The van der Waals surface area contributed by atoms with E-state index in [1.807, 2.05) is 48.5 Å². The molecule has 1 aliphatic heterocycles. The van der Waals surface area contributed by atoms with E-state index >= 15 is 0 Å². The number of aliphatic hydroxyl groups excluding tert-OH is 2. The number of carbonyl (C=O) groups excluding carboxylic acids is 3. The molecule has 1 unspecified atom stereocenters. The van der Waals surface area contributed by atoms with Crippen molar-refractivity contribution in [1.82, 2.24) is 0 Å². The first kappa shape index (κ1) is 35.7. The molecule has 0 aliphatic carbocycles. The minimum atomic E-state index is -1.57. The predicted octanol–water partition coefficient (Wildman–Crippen LogP) is 4.08. The van der Waals surface area contributed by atoms with Crippen molar-refractivity contribution in [1.29, 1.82) is 0 Å². The van der Waals surface area contributed by atoms with Gasteiger partial charge in [0.05, 0.1) is 18.6 Å². The van der Waals surface area contributed by atoms with Crippen molar-refractivity contribution in [2.45, 2.75) is 76.4 Å². The second-order valence-corrected chi connectivity index (χ2v) is 12.1. The number of amides is 1. The number of halogens is 1. The van der Waals surface area contributed by atoms with Crippen LogP contribution in [0.2, 0.25) is 0 Å². The summed E-state index contributed by atoms with van der Waals surface area (Å²) in [7, 11) is 0. The van der Waals surface area contributed by atoms with Crippen LogP contribution in [0.3, 0.4) is 0 Å². The minimum Gasteiger partial charge on any atom is -0.463 e. The van der Waals surface area contributed by atoms with E-state index in [0.717, 1.165) is 16.7 Å². The third kappa shape index (κ3) is 9.68. The second-order valence-electron chi connectivity index (χ2n) is 12.1. The highest BCUT2D eigenvalue weighted by atomic mass is 19.1. The summed E-state index contributed by atoms with van der Waals surface area (Å²) >= 11 is 0. The molecule has 47 heavy (non-hydrogen) atoms. The molecule has 0 saturated carbocycles. The number of aliphatic hydroxyl groups is 4. The highest BCUT2D eigenvalue weighted by molar-refractivity contribution is 6.03. The standard InChI is InChI=1S/C36H42FNO9/c1-23(40)46-22-36(45,21-39)20-19-26-3-8-28(9-4-26)34-31(16-17-32(47-24(2)41)27-10-12-29(37)13-11-27)35(44)38(34)30-14-5-25(6-15-30)7-18-33(42)43/h3-6,8-15,31-34,39,42-43,45H,7,16-22H2,1-2H3/t31-,32-,34-,36?/m1/s1. The molecule has 1 amide bonds. The number of rotatable bonds is 16. The number of hydrogen-bond donors (Lipinski definition) is 4. The predicted molar refractivity (Wildman–Crippen MR) is 170 cm³/mol. The van der Waals surface area contributed by atoms with Crippen molar-refractivity contribution in [2.24, 2.45) is 5.92 Å². The van der Waals surface area contributed by atoms with E-state index in [1.165, 1.54) is 26.0 Å². The monoisotopic (exact) mass is 651 g/mol. The summed E-state index contributed by atoms with van der Waals surface area (Å²) in [6.45, 7) is 1.66. The quantitative estimate of drug-likeness (QED) is 0.102. The van der Waals surface area contributed by atoms with Gasteiger partial charge >= 0.3 is 11.9 Å². The molecule has 1 aliphatic rings. The SMILES string of the molecule is CC(=O)OCC(O)(CO)CCc1ccc([C@@H]2[C@@H](CC[C@@H](OC(C)=O)c3ccc(F)cc3)C(=O)N2c2ccc(CCC(O)O)cc2)cc1. The van der Waals surface area contributed by atoms with Crippen LogP contribution in [0.15, 0.2) is 72.8 Å². The van der Waals surface area contributed by atoms with Crippen molar-refractivity contribution >= 4 is 23.5 Å². The molecule has 3 aromatic carbocycles. The van der Waals surface area contributed by atoms with E-state index in [2.05, 4.69) is 0 Å². The second kappa shape index (κ2) is 16.1. The summed E-state index contributed by atoms with van der Waals surface area (Å²) in [6, 6.07) is 20.3. The number of esters is 2. The highest BCUT2D eigenvalue weighted by Gasteiger charge is 2.48. The first-order valence-corrected chi connectivity index (χ1v) is 15.7. The van der Waals surface area contributed by atoms with Crippen LogP contribution in [0.1, 0.15) is 73.9 Å². The molecule has 3 aromatic rings. The Morgan fingerprint density at radius 1 is 0.894 bits per heavy atom. The summed E-state index contributed by atoms with van der Waals surface area (Å²) in [5, 5.41) is 38.7. The van der Waals surface area contributed by atoms with Crippen LogP contribution in [-0.2, 0) is 36.7 Å². The van der Waals surface area contributed by atoms with E-state index in [9.17, 15) is 39.2 Å². The summed E-state index contributed by atoms with van der Waals surface area (Å²) in [4.78, 5) is 38.5. The van der Waals surface area contributed by atoms with Gasteiger partial charge in [0.15, 0.2) is 6.29 Å². The molecule has 4 rings (SSSR count). The summed E-state index contributed by atoms with van der Waals surface area (Å²) in [5.74, 6) is -1.98. The fourth-order valence-corrected chi connectivity index (χ4v) is 5.81. The molecule has 0 spiro atoms. The van der Waals surface area contributed by atoms with Crippen molar-refractivity contribution < 1.29 is 48.7 Å². The van der Waals surface area contributed by atoms with Crippen molar-refractivity contribution in [2.75, 3.05) is 18.1 Å². The normalized spacial score (nSPS) is 18.0. The lowest BCUT2D eigenvalue weighted by Gasteiger charge is -2.48. The van der Waals surface area contributed by atoms with Gasteiger partial charge in [0.25, 0.3) is 0 Å². The van der Waals surface area contributed by atoms with Crippen LogP contribution < -0.4 is 4.90 Å². The fraction of sp³-hybridized carbons (Fsp3) is 0.417. The Morgan fingerprint density at radius 3 is 2.09 bits per heavy atom. The van der Waals surface area contributed by atoms with Crippen LogP contribution >= 0.6 is 0 Å². The van der Waals surface area contributed by atoms with Gasteiger partial charge in [-0.1, -0.05) is 48.5 Å². The van der Waals surface area contributed by atoms with E-state index in [4.69, 9.17) is 9.47 Å². The lowest BCUT2D eigenvalue weighted by Crippen LogP contribution is -2.55. The summed E-state index contributed by atoms with van der Waals surface area (Å²) in [5.41, 5.74) is 2.38. The Kier molecular flexibility index (Phi) is 12.2. The molecule has 1 saturated heterocycles. The molecule has 1 fully saturated rings. The zero-order valence-electron chi connectivity index (χ0n) is 26.5. The van der Waals surface area contributed by atoms with Crippen LogP contribution in [0.4, 0.5) is 10.1 Å². The Hall–Kier alpha value is -4.16. The van der Waals surface area contributed by atoms with Crippen LogP contribution in [0, 0.1) is 11.7 Å². The topological polar surface area (TPSA) is 154 Å². The first-order chi connectivity index (χ1) is 22.4. The minimum absolute atomic E-state index is 0.100. The molecule has 0 aromatic heterocycles. The average Bonchev–Trinajstić information content (AvgIpc) is 3.05. The van der Waals surface area contributed by atoms with Crippen LogP contribution in [0.25, 0.3) is 0 Å². The molecule has 0 radical (unpaired) electrons. The van der Waals surface area contributed by atoms with Gasteiger partial charge in [-0.3, -0.25) is 14.4 Å². The van der Waals surface area contributed by atoms with Crippen LogP contribution in [0.5, 0.6) is 0 Å². The van der Waals surface area contributed by atoms with Gasteiger partial charge in [-0.05, 0) is 78.6 Å². The zero-order valence-corrected chi connectivity index (χ0v) is 26.5. The number of anilines is 1. The average molecular weight is 652 g/mol. The number of carbonyl (C=O) groups is 3. The van der Waals surface area contributed by atoms with E-state index in [1.54, 1.807) is 17.0 Å². The molecular weight excluding hydrogens is 609 g/mol. The highest BCUT2D eigenvalue weighted by Crippen LogP contribution is 2.46. The molecule has 1 heterocycles. The zero-order chi connectivity index (χ0) is 34.1. The van der Waals surface area contributed by atoms with E-state index in [-0.39, 0.29) is 31.4 Å². The van der Waals surface area contributed by atoms with Crippen LogP contribution in [-0.4, -0.2) is 63.4 Å².